The Kier molecular flexibility index (Phi) is 6.80. The zero-order valence-electron chi connectivity index (χ0n) is 15.8. The number of rotatable bonds is 7. The lowest BCUT2D eigenvalue weighted by Crippen LogP contribution is -2.34. The second-order valence-corrected chi connectivity index (χ2v) is 8.54. The third-order valence-electron chi connectivity index (χ3n) is 4.37. The minimum Gasteiger partial charge on any atom is -0.478 e. The van der Waals surface area contributed by atoms with E-state index in [2.05, 4.69) is 11.1 Å². The zero-order valence-corrected chi connectivity index (χ0v) is 17.5. The number of carboxylic acids is 1. The molecule has 1 N–H and O–H groups in total. The summed E-state index contributed by atoms with van der Waals surface area (Å²) in [6, 6.07) is 11.3. The Bertz CT molecular complexity index is 913. The molecule has 0 saturated heterocycles. The molecule has 0 fully saturated rings. The van der Waals surface area contributed by atoms with Crippen LogP contribution < -0.4 is 4.90 Å². The lowest BCUT2D eigenvalue weighted by atomic mass is 10.1. The number of benzene rings is 1. The molecule has 0 unspecified atom stereocenters. The van der Waals surface area contributed by atoms with Gasteiger partial charge in [-0.05, 0) is 43.2 Å². The van der Waals surface area contributed by atoms with Crippen LogP contribution in [0.2, 0.25) is 0 Å². The van der Waals surface area contributed by atoms with Crippen LogP contribution in [0.5, 0.6) is 0 Å². The van der Waals surface area contributed by atoms with Gasteiger partial charge in [0.2, 0.25) is 5.91 Å². The van der Waals surface area contributed by atoms with Crippen molar-refractivity contribution in [3.8, 4) is 0 Å². The number of anilines is 1. The summed E-state index contributed by atoms with van der Waals surface area (Å²) in [4.78, 5) is 30.8. The SMILES string of the molecule is Cc1cc(C)c(C(=O)O)c(SCC(=O)N(CC2=CCSC2)c2ccccc2)n1. The molecule has 3 rings (SSSR count). The van der Waals surface area contributed by atoms with Gasteiger partial charge in [-0.2, -0.15) is 11.8 Å². The summed E-state index contributed by atoms with van der Waals surface area (Å²) in [5.74, 6) is 0.964. The number of thioether (sulfide) groups is 2. The largest absolute Gasteiger partial charge is 0.478 e. The first kappa shape index (κ1) is 20.5. The van der Waals surface area contributed by atoms with Gasteiger partial charge in [0, 0.05) is 29.4 Å². The summed E-state index contributed by atoms with van der Waals surface area (Å²) in [5.41, 5.74) is 3.65. The first-order valence-electron chi connectivity index (χ1n) is 8.91. The van der Waals surface area contributed by atoms with Gasteiger partial charge < -0.3 is 10.0 Å². The Morgan fingerprint density at radius 3 is 2.64 bits per heavy atom. The minimum absolute atomic E-state index is 0.0636. The minimum atomic E-state index is -1.02. The number of carboxylic acid groups (broad SMARTS) is 1. The van der Waals surface area contributed by atoms with Crippen LogP contribution in [-0.4, -0.2) is 45.8 Å². The summed E-state index contributed by atoms with van der Waals surface area (Å²) in [6.07, 6.45) is 2.18. The predicted molar refractivity (Wildman–Crippen MR) is 116 cm³/mol. The van der Waals surface area contributed by atoms with Crippen molar-refractivity contribution in [3.05, 3.63) is 64.9 Å². The molecule has 1 aliphatic heterocycles. The van der Waals surface area contributed by atoms with Crippen molar-refractivity contribution in [1.29, 1.82) is 0 Å². The summed E-state index contributed by atoms with van der Waals surface area (Å²) in [5, 5.41) is 9.91. The predicted octanol–water partition coefficient (Wildman–Crippen LogP) is 4.20. The normalized spacial score (nSPS) is 13.3. The van der Waals surface area contributed by atoms with Gasteiger partial charge >= 0.3 is 5.97 Å². The summed E-state index contributed by atoms with van der Waals surface area (Å²) in [7, 11) is 0. The molecular weight excluding hydrogens is 392 g/mol. The molecule has 146 valence electrons. The molecule has 2 aromatic rings. The smallest absolute Gasteiger partial charge is 0.338 e. The second kappa shape index (κ2) is 9.30. The van der Waals surface area contributed by atoms with Crippen molar-refractivity contribution in [3.63, 3.8) is 0 Å². The van der Waals surface area contributed by atoms with E-state index in [0.29, 0.717) is 17.1 Å². The highest BCUT2D eigenvalue weighted by Gasteiger charge is 2.22. The molecular formula is C21H22N2O3S2. The standard InChI is InChI=1S/C21H22N2O3S2/c1-14-10-15(2)22-20(19(14)21(25)26)28-13-18(24)23(11-16-8-9-27-12-16)17-6-4-3-5-7-17/h3-8,10H,9,11-13H2,1-2H3,(H,25,26). The number of hydrogen-bond donors (Lipinski definition) is 1. The van der Waals surface area contributed by atoms with Crippen molar-refractivity contribution in [2.45, 2.75) is 18.9 Å². The molecule has 7 heteroatoms. The van der Waals surface area contributed by atoms with Gasteiger partial charge in [-0.1, -0.05) is 36.0 Å². The highest BCUT2D eigenvalue weighted by molar-refractivity contribution is 8.00. The van der Waals surface area contributed by atoms with Crippen LogP contribution in [0.15, 0.2) is 53.1 Å². The third-order valence-corrected chi connectivity index (χ3v) is 6.30. The lowest BCUT2D eigenvalue weighted by Gasteiger charge is -2.23. The number of aromatic nitrogens is 1. The molecule has 5 nitrogen and oxygen atoms in total. The van der Waals surface area contributed by atoms with Gasteiger partial charge in [0.05, 0.1) is 11.3 Å². The summed E-state index contributed by atoms with van der Waals surface area (Å²) in [6.45, 7) is 4.14. The van der Waals surface area contributed by atoms with Gasteiger partial charge in [-0.15, -0.1) is 0 Å². The Morgan fingerprint density at radius 2 is 2.00 bits per heavy atom. The van der Waals surface area contributed by atoms with Gasteiger partial charge in [0.1, 0.15) is 5.03 Å². The van der Waals surface area contributed by atoms with Crippen LogP contribution in [0.4, 0.5) is 5.69 Å². The van der Waals surface area contributed by atoms with Gasteiger partial charge in [0.15, 0.2) is 0 Å². The monoisotopic (exact) mass is 414 g/mol. The first-order valence-corrected chi connectivity index (χ1v) is 11.0. The molecule has 2 heterocycles. The topological polar surface area (TPSA) is 70.5 Å². The number of para-hydroxylation sites is 1. The molecule has 0 aliphatic carbocycles. The van der Waals surface area contributed by atoms with Crippen molar-refractivity contribution >= 4 is 41.1 Å². The Labute approximate surface area is 173 Å². The van der Waals surface area contributed by atoms with Crippen LogP contribution in [0, 0.1) is 13.8 Å². The quantitative estimate of drug-likeness (QED) is 0.541. The highest BCUT2D eigenvalue weighted by atomic mass is 32.2. The van der Waals surface area contributed by atoms with E-state index in [9.17, 15) is 14.7 Å². The molecule has 0 atom stereocenters. The first-order chi connectivity index (χ1) is 13.5. The summed E-state index contributed by atoms with van der Waals surface area (Å²) < 4.78 is 0. The molecule has 0 spiro atoms. The van der Waals surface area contributed by atoms with E-state index < -0.39 is 5.97 Å². The zero-order chi connectivity index (χ0) is 20.1. The molecule has 1 aliphatic rings. The Morgan fingerprint density at radius 1 is 1.25 bits per heavy atom. The molecule has 0 saturated carbocycles. The number of aryl methyl sites for hydroxylation is 2. The van der Waals surface area contributed by atoms with Crippen molar-refractivity contribution in [2.75, 3.05) is 28.7 Å². The number of aromatic carboxylic acids is 1. The maximum Gasteiger partial charge on any atom is 0.338 e. The molecule has 0 bridgehead atoms. The van der Waals surface area contributed by atoms with Crippen LogP contribution in [0.1, 0.15) is 21.6 Å². The molecule has 1 aromatic carbocycles. The van der Waals surface area contributed by atoms with E-state index in [-0.39, 0.29) is 17.2 Å². The van der Waals surface area contributed by atoms with E-state index in [0.717, 1.165) is 22.9 Å². The lowest BCUT2D eigenvalue weighted by molar-refractivity contribution is -0.116. The number of nitrogens with zero attached hydrogens (tertiary/aromatic N) is 2. The van der Waals surface area contributed by atoms with Gasteiger partial charge in [-0.3, -0.25) is 4.79 Å². The Balaban J connectivity index is 1.80. The molecule has 28 heavy (non-hydrogen) atoms. The summed E-state index contributed by atoms with van der Waals surface area (Å²) >= 11 is 3.02. The maximum atomic E-state index is 13.1. The van der Waals surface area contributed by atoms with Crippen molar-refractivity contribution in [1.82, 2.24) is 4.98 Å². The Hall–Kier alpha value is -2.25. The van der Waals surface area contributed by atoms with Crippen LogP contribution in [0.25, 0.3) is 0 Å². The average molecular weight is 415 g/mol. The van der Waals surface area contributed by atoms with Crippen molar-refractivity contribution in [2.24, 2.45) is 0 Å². The fourth-order valence-corrected chi connectivity index (χ4v) is 5.01. The van der Waals surface area contributed by atoms with Crippen molar-refractivity contribution < 1.29 is 14.7 Å². The van der Waals surface area contributed by atoms with Crippen LogP contribution in [0.3, 0.4) is 0 Å². The van der Waals surface area contributed by atoms with Crippen LogP contribution in [-0.2, 0) is 4.79 Å². The number of carbonyl (C=O) groups excluding carboxylic acids is 1. The van der Waals surface area contributed by atoms with Gasteiger partial charge in [0.25, 0.3) is 0 Å². The average Bonchev–Trinajstić information content (AvgIpc) is 3.17. The van der Waals surface area contributed by atoms with E-state index >= 15 is 0 Å². The molecule has 1 aromatic heterocycles. The number of carbonyl (C=O) groups is 2. The fourth-order valence-electron chi connectivity index (χ4n) is 3.05. The molecule has 1 amide bonds. The maximum absolute atomic E-state index is 13.1. The fraction of sp³-hybridized carbons (Fsp3) is 0.286. The van der Waals surface area contributed by atoms with E-state index in [4.69, 9.17) is 0 Å². The third kappa shape index (κ3) is 4.97. The number of amides is 1. The second-order valence-electron chi connectivity index (χ2n) is 6.55. The van der Waals surface area contributed by atoms with E-state index in [1.807, 2.05) is 49.0 Å². The van der Waals surface area contributed by atoms with E-state index in [1.165, 1.54) is 17.3 Å². The van der Waals surface area contributed by atoms with Crippen LogP contribution >= 0.6 is 23.5 Å². The van der Waals surface area contributed by atoms with E-state index in [1.54, 1.807) is 17.9 Å². The van der Waals surface area contributed by atoms with Gasteiger partial charge in [-0.25, -0.2) is 9.78 Å². The molecule has 0 radical (unpaired) electrons. The highest BCUT2D eigenvalue weighted by Crippen LogP contribution is 2.27. The number of hydrogen-bond acceptors (Lipinski definition) is 5. The number of pyridine rings is 1.